The quantitative estimate of drug-likeness (QED) is 0.367. The lowest BCUT2D eigenvalue weighted by atomic mass is 10.2. The van der Waals surface area contributed by atoms with E-state index in [-0.39, 0.29) is 41.6 Å². The van der Waals surface area contributed by atoms with Crippen molar-refractivity contribution in [2.45, 2.75) is 6.92 Å². The summed E-state index contributed by atoms with van der Waals surface area (Å²) in [4.78, 5) is 23.0. The van der Waals surface area contributed by atoms with Gasteiger partial charge < -0.3 is 9.84 Å². The van der Waals surface area contributed by atoms with Gasteiger partial charge in [0.25, 0.3) is 11.2 Å². The maximum absolute atomic E-state index is 12.6. The number of aliphatic hydroxyl groups is 1. The van der Waals surface area contributed by atoms with E-state index in [4.69, 9.17) is 9.84 Å². The Morgan fingerprint density at radius 3 is 2.64 bits per heavy atom. The van der Waals surface area contributed by atoms with Crippen LogP contribution in [0.2, 0.25) is 0 Å². The van der Waals surface area contributed by atoms with Crippen molar-refractivity contribution in [2.75, 3.05) is 13.2 Å². The number of aromatic nitrogens is 2. The van der Waals surface area contributed by atoms with Crippen molar-refractivity contribution in [3.8, 4) is 11.4 Å². The fourth-order valence-corrected chi connectivity index (χ4v) is 2.49. The Hall–Kier alpha value is -3.79. The number of nitrogens with one attached hydrogen (secondary N) is 1. The summed E-state index contributed by atoms with van der Waals surface area (Å²) in [6.07, 6.45) is 0. The molecule has 0 aliphatic carbocycles. The predicted octanol–water partition coefficient (Wildman–Crippen LogP) is 3.17. The number of benzene rings is 2. The van der Waals surface area contributed by atoms with Gasteiger partial charge in [-0.25, -0.2) is 4.68 Å². The normalized spacial score (nSPS) is 11.1. The fourth-order valence-electron chi connectivity index (χ4n) is 2.49. The predicted molar refractivity (Wildman–Crippen MR) is 101 cm³/mol. The second kappa shape index (κ2) is 8.27. The monoisotopic (exact) mass is 383 g/mol. The number of aryl methyl sites for hydroxylation is 1. The smallest absolute Gasteiger partial charge is 0.299 e. The number of hydrogen-bond acceptors (Lipinski definition) is 7. The maximum atomic E-state index is 12.6. The highest BCUT2D eigenvalue weighted by atomic mass is 16.6. The lowest BCUT2D eigenvalue weighted by Crippen LogP contribution is -2.13. The van der Waals surface area contributed by atoms with E-state index < -0.39 is 4.92 Å². The number of H-pyrrole nitrogens is 1. The van der Waals surface area contributed by atoms with Gasteiger partial charge in [0.05, 0.1) is 29.0 Å². The summed E-state index contributed by atoms with van der Waals surface area (Å²) in [6, 6.07) is 12.8. The lowest BCUT2D eigenvalue weighted by Gasteiger charge is -2.06. The Bertz CT molecular complexity index is 1070. The number of nitro groups is 1. The van der Waals surface area contributed by atoms with Crippen LogP contribution in [0.1, 0.15) is 5.69 Å². The van der Waals surface area contributed by atoms with E-state index in [2.05, 4.69) is 15.3 Å². The Balaban J connectivity index is 1.97. The molecule has 0 unspecified atom stereocenters. The zero-order valence-corrected chi connectivity index (χ0v) is 14.9. The number of nitrogens with zero attached hydrogens (tertiary/aromatic N) is 4. The summed E-state index contributed by atoms with van der Waals surface area (Å²) < 4.78 is 6.65. The molecule has 2 N–H and O–H groups in total. The number of hydrogen-bond donors (Lipinski definition) is 2. The molecule has 0 radical (unpaired) electrons. The summed E-state index contributed by atoms with van der Waals surface area (Å²) in [7, 11) is 0. The van der Waals surface area contributed by atoms with E-state index in [9.17, 15) is 14.9 Å². The van der Waals surface area contributed by atoms with Crippen LogP contribution in [0, 0.1) is 17.0 Å². The van der Waals surface area contributed by atoms with Gasteiger partial charge in [0.2, 0.25) is 0 Å². The summed E-state index contributed by atoms with van der Waals surface area (Å²) in [5.41, 5.74) is 0.903. The summed E-state index contributed by atoms with van der Waals surface area (Å²) in [5, 5.41) is 30.8. The average molecular weight is 383 g/mol. The molecule has 0 fully saturated rings. The van der Waals surface area contributed by atoms with Crippen LogP contribution in [0.4, 0.5) is 17.1 Å². The first-order valence-electron chi connectivity index (χ1n) is 8.32. The Morgan fingerprint density at radius 1 is 1.21 bits per heavy atom. The molecule has 0 atom stereocenters. The second-order valence-corrected chi connectivity index (χ2v) is 5.74. The first-order valence-corrected chi connectivity index (χ1v) is 8.32. The van der Waals surface area contributed by atoms with Gasteiger partial charge in [0.15, 0.2) is 11.4 Å². The number of ether oxygens (including phenoxy) is 1. The Labute approximate surface area is 158 Å². The molecule has 144 valence electrons. The van der Waals surface area contributed by atoms with Crippen LogP contribution < -0.4 is 10.3 Å². The van der Waals surface area contributed by atoms with Crippen LogP contribution >= 0.6 is 0 Å². The molecule has 0 amide bonds. The molecule has 0 saturated carbocycles. The molecule has 0 spiro atoms. The minimum atomic E-state index is -0.568. The van der Waals surface area contributed by atoms with Crippen molar-refractivity contribution >= 4 is 17.1 Å². The molecule has 1 heterocycles. The molecule has 0 saturated heterocycles. The first kappa shape index (κ1) is 19.0. The molecule has 2 aromatic carbocycles. The van der Waals surface area contributed by atoms with Gasteiger partial charge in [-0.2, -0.15) is 0 Å². The third-order valence-corrected chi connectivity index (χ3v) is 3.82. The summed E-state index contributed by atoms with van der Waals surface area (Å²) in [5.74, 6) is 0.0866. The Kier molecular flexibility index (Phi) is 5.61. The zero-order valence-electron chi connectivity index (χ0n) is 14.9. The largest absolute Gasteiger partial charge is 0.489 e. The van der Waals surface area contributed by atoms with Crippen molar-refractivity contribution in [1.29, 1.82) is 0 Å². The zero-order chi connectivity index (χ0) is 20.1. The van der Waals surface area contributed by atoms with Crippen LogP contribution in [-0.2, 0) is 0 Å². The highest BCUT2D eigenvalue weighted by Gasteiger charge is 2.14. The van der Waals surface area contributed by atoms with E-state index in [1.54, 1.807) is 31.2 Å². The fraction of sp³-hybridized carbons (Fsp3) is 0.167. The molecule has 0 aliphatic heterocycles. The number of nitro benzene ring substituents is 1. The van der Waals surface area contributed by atoms with Gasteiger partial charge in [0, 0.05) is 6.07 Å². The minimum absolute atomic E-state index is 0.0618. The van der Waals surface area contributed by atoms with Gasteiger partial charge in [-0.3, -0.25) is 20.0 Å². The van der Waals surface area contributed by atoms with Gasteiger partial charge in [-0.1, -0.05) is 18.2 Å². The van der Waals surface area contributed by atoms with Crippen LogP contribution in [0.5, 0.6) is 5.75 Å². The molecule has 1 aromatic heterocycles. The molecule has 0 bridgehead atoms. The number of aliphatic hydroxyl groups excluding tert-OH is 1. The Morgan fingerprint density at radius 2 is 1.96 bits per heavy atom. The SMILES string of the molecule is Cc1[nH]n(-c2ccccc2)c(=O)c1N=Nc1ccc([N+](=O)[O-])cc1OCCO. The van der Waals surface area contributed by atoms with Crippen molar-refractivity contribution in [1.82, 2.24) is 9.78 Å². The summed E-state index contributed by atoms with van der Waals surface area (Å²) >= 11 is 0. The number of para-hydroxylation sites is 1. The first-order chi connectivity index (χ1) is 13.5. The molecule has 3 aromatic rings. The van der Waals surface area contributed by atoms with E-state index >= 15 is 0 Å². The van der Waals surface area contributed by atoms with Gasteiger partial charge >= 0.3 is 0 Å². The highest BCUT2D eigenvalue weighted by Crippen LogP contribution is 2.33. The van der Waals surface area contributed by atoms with Crippen LogP contribution in [0.25, 0.3) is 5.69 Å². The standard InChI is InChI=1S/C18H17N5O5/c1-12-17(18(25)22(21-12)13-5-3-2-4-6-13)20-19-15-8-7-14(23(26)27)11-16(15)28-10-9-24/h2-8,11,21,24H,9-10H2,1H3. The second-order valence-electron chi connectivity index (χ2n) is 5.74. The third-order valence-electron chi connectivity index (χ3n) is 3.82. The van der Waals surface area contributed by atoms with Crippen LogP contribution in [0.3, 0.4) is 0 Å². The molecule has 3 rings (SSSR count). The van der Waals surface area contributed by atoms with Crippen molar-refractivity contribution in [3.05, 3.63) is 74.7 Å². The molecule has 0 aliphatic rings. The number of non-ortho nitro benzene ring substituents is 1. The van der Waals surface area contributed by atoms with E-state index in [1.165, 1.54) is 22.9 Å². The highest BCUT2D eigenvalue weighted by molar-refractivity contribution is 5.57. The number of rotatable bonds is 7. The van der Waals surface area contributed by atoms with Gasteiger partial charge in [-0.15, -0.1) is 10.2 Å². The maximum Gasteiger partial charge on any atom is 0.299 e. The van der Waals surface area contributed by atoms with Gasteiger partial charge in [0.1, 0.15) is 12.3 Å². The third kappa shape index (κ3) is 3.96. The van der Waals surface area contributed by atoms with Crippen molar-refractivity contribution in [3.63, 3.8) is 0 Å². The molecule has 28 heavy (non-hydrogen) atoms. The molecule has 10 heteroatoms. The average Bonchev–Trinajstić information content (AvgIpc) is 2.99. The lowest BCUT2D eigenvalue weighted by molar-refractivity contribution is -0.384. The van der Waals surface area contributed by atoms with Crippen LogP contribution in [0.15, 0.2) is 63.6 Å². The van der Waals surface area contributed by atoms with Gasteiger partial charge in [-0.05, 0) is 25.1 Å². The van der Waals surface area contributed by atoms with Crippen molar-refractivity contribution < 1.29 is 14.8 Å². The van der Waals surface area contributed by atoms with E-state index in [0.29, 0.717) is 11.4 Å². The minimum Gasteiger partial charge on any atom is -0.489 e. The number of aromatic amines is 1. The summed E-state index contributed by atoms with van der Waals surface area (Å²) in [6.45, 7) is 1.36. The topological polar surface area (TPSA) is 135 Å². The van der Waals surface area contributed by atoms with Crippen LogP contribution in [-0.4, -0.2) is 33.0 Å². The van der Waals surface area contributed by atoms with E-state index in [1.807, 2.05) is 6.07 Å². The van der Waals surface area contributed by atoms with E-state index in [0.717, 1.165) is 0 Å². The van der Waals surface area contributed by atoms with Crippen molar-refractivity contribution in [2.24, 2.45) is 10.2 Å². The molecular formula is C18H17N5O5. The number of azo groups is 1. The molecular weight excluding hydrogens is 366 g/mol. The molecule has 10 nitrogen and oxygen atoms in total.